The van der Waals surface area contributed by atoms with Gasteiger partial charge in [0.1, 0.15) is 6.10 Å². The molecule has 0 unspecified atom stereocenters. The average Bonchev–Trinajstić information content (AvgIpc) is 3.23. The fourth-order valence-corrected chi connectivity index (χ4v) is 4.77. The molecule has 1 aliphatic carbocycles. The van der Waals surface area contributed by atoms with Crippen molar-refractivity contribution in [2.24, 2.45) is 0 Å². The second-order valence-corrected chi connectivity index (χ2v) is 8.00. The Labute approximate surface area is 169 Å². The summed E-state index contributed by atoms with van der Waals surface area (Å²) in [5.41, 5.74) is 2.36. The summed E-state index contributed by atoms with van der Waals surface area (Å²) >= 11 is 6.43. The zero-order valence-electron chi connectivity index (χ0n) is 15.8. The van der Waals surface area contributed by atoms with E-state index in [0.717, 1.165) is 24.1 Å². The molecule has 2 aromatic rings. The third-order valence-corrected chi connectivity index (χ3v) is 6.27. The number of morpholine rings is 1. The van der Waals surface area contributed by atoms with Crippen LogP contribution in [0.25, 0.3) is 0 Å². The average molecular weight is 404 g/mol. The highest BCUT2D eigenvalue weighted by molar-refractivity contribution is 6.31. The number of aromatic nitrogens is 2. The van der Waals surface area contributed by atoms with E-state index in [1.165, 1.54) is 19.3 Å². The summed E-state index contributed by atoms with van der Waals surface area (Å²) in [6, 6.07) is 7.00. The molecular formula is C21H26ClN3O3. The maximum absolute atomic E-state index is 13.6. The number of rotatable bonds is 4. The first kappa shape index (κ1) is 19.4. The number of ether oxygens (including phenoxy) is 1. The van der Waals surface area contributed by atoms with Gasteiger partial charge in [0.05, 0.1) is 36.7 Å². The molecule has 1 saturated heterocycles. The van der Waals surface area contributed by atoms with Crippen molar-refractivity contribution < 1.29 is 14.6 Å². The van der Waals surface area contributed by atoms with E-state index in [2.05, 4.69) is 10.2 Å². The van der Waals surface area contributed by atoms with Crippen molar-refractivity contribution in [2.75, 3.05) is 19.8 Å². The lowest BCUT2D eigenvalue weighted by atomic mass is 9.85. The second kappa shape index (κ2) is 8.64. The molecule has 2 fully saturated rings. The first-order chi connectivity index (χ1) is 13.7. The molecule has 0 radical (unpaired) electrons. The van der Waals surface area contributed by atoms with Crippen molar-refractivity contribution in [3.05, 3.63) is 52.3 Å². The molecule has 2 atom stereocenters. The van der Waals surface area contributed by atoms with Gasteiger partial charge in [0.2, 0.25) is 0 Å². The van der Waals surface area contributed by atoms with E-state index in [1.807, 2.05) is 18.2 Å². The summed E-state index contributed by atoms with van der Waals surface area (Å²) in [6.45, 7) is 0.648. The number of hydrogen-bond donors (Lipinski definition) is 2. The van der Waals surface area contributed by atoms with Crippen molar-refractivity contribution >= 4 is 17.5 Å². The van der Waals surface area contributed by atoms with Gasteiger partial charge in [-0.25, -0.2) is 0 Å². The summed E-state index contributed by atoms with van der Waals surface area (Å²) in [5, 5.41) is 17.7. The third-order valence-electron chi connectivity index (χ3n) is 5.93. The van der Waals surface area contributed by atoms with Crippen LogP contribution in [0.15, 0.2) is 30.5 Å². The van der Waals surface area contributed by atoms with Gasteiger partial charge in [0.25, 0.3) is 5.91 Å². The highest BCUT2D eigenvalue weighted by Crippen LogP contribution is 2.37. The molecule has 4 rings (SSSR count). The van der Waals surface area contributed by atoms with Crippen LogP contribution < -0.4 is 0 Å². The van der Waals surface area contributed by atoms with E-state index in [-0.39, 0.29) is 12.5 Å². The van der Waals surface area contributed by atoms with Crippen LogP contribution in [0.3, 0.4) is 0 Å². The highest BCUT2D eigenvalue weighted by Gasteiger charge is 2.39. The predicted octanol–water partition coefficient (Wildman–Crippen LogP) is 3.69. The molecule has 1 amide bonds. The molecule has 1 aromatic heterocycles. The number of nitrogens with one attached hydrogen (secondary N) is 1. The Bertz CT molecular complexity index is 819. The van der Waals surface area contributed by atoms with Gasteiger partial charge in [0, 0.05) is 17.5 Å². The van der Waals surface area contributed by atoms with E-state index in [1.54, 1.807) is 17.2 Å². The van der Waals surface area contributed by atoms with Crippen LogP contribution in [0.5, 0.6) is 0 Å². The van der Waals surface area contributed by atoms with Crippen molar-refractivity contribution in [1.82, 2.24) is 15.1 Å². The van der Waals surface area contributed by atoms with E-state index in [4.69, 9.17) is 16.3 Å². The number of amides is 1. The zero-order valence-corrected chi connectivity index (χ0v) is 16.6. The Hall–Kier alpha value is -1.89. The number of carbonyl (C=O) groups excluding carboxylic acids is 1. The summed E-state index contributed by atoms with van der Waals surface area (Å²) in [5.74, 6) is 0.268. The molecule has 0 bridgehead atoms. The van der Waals surface area contributed by atoms with Crippen molar-refractivity contribution in [3.63, 3.8) is 0 Å². The van der Waals surface area contributed by atoms with Crippen LogP contribution >= 0.6 is 11.6 Å². The number of nitrogens with zero attached hydrogens (tertiary/aromatic N) is 2. The number of aliphatic hydroxyl groups is 1. The van der Waals surface area contributed by atoms with Gasteiger partial charge in [-0.2, -0.15) is 5.10 Å². The smallest absolute Gasteiger partial charge is 0.258 e. The molecule has 150 valence electrons. The van der Waals surface area contributed by atoms with Crippen LogP contribution in [0.2, 0.25) is 5.02 Å². The van der Waals surface area contributed by atoms with Gasteiger partial charge >= 0.3 is 0 Å². The maximum atomic E-state index is 13.6. The van der Waals surface area contributed by atoms with E-state index in [0.29, 0.717) is 29.7 Å². The quantitative estimate of drug-likeness (QED) is 0.816. The fraction of sp³-hybridized carbons (Fsp3) is 0.524. The van der Waals surface area contributed by atoms with Gasteiger partial charge in [-0.1, -0.05) is 49.1 Å². The van der Waals surface area contributed by atoms with Crippen LogP contribution in [0, 0.1) is 0 Å². The Morgan fingerprint density at radius 2 is 2.07 bits per heavy atom. The summed E-state index contributed by atoms with van der Waals surface area (Å²) in [6.07, 6.45) is 6.91. The van der Waals surface area contributed by atoms with Gasteiger partial charge in [-0.05, 0) is 24.5 Å². The topological polar surface area (TPSA) is 78.5 Å². The lowest BCUT2D eigenvalue weighted by Crippen LogP contribution is -2.49. The molecular weight excluding hydrogens is 378 g/mol. The molecule has 1 aliphatic heterocycles. The standard InChI is InChI=1S/C21H26ClN3O3/c22-17-9-5-4-8-15(17)20-18(13-26)28-11-10-25(20)21(27)16-12-23-24-19(16)14-6-2-1-3-7-14/h4-5,8-9,12,14,18,20,26H,1-3,6-7,10-11,13H2,(H,23,24)/t18-,20-/m0/s1. The van der Waals surface area contributed by atoms with Gasteiger partial charge in [-0.3, -0.25) is 9.89 Å². The molecule has 2 heterocycles. The van der Waals surface area contributed by atoms with E-state index in [9.17, 15) is 9.90 Å². The second-order valence-electron chi connectivity index (χ2n) is 7.59. The molecule has 28 heavy (non-hydrogen) atoms. The number of halogens is 1. The molecule has 6 nitrogen and oxygen atoms in total. The monoisotopic (exact) mass is 403 g/mol. The number of aliphatic hydroxyl groups excluding tert-OH is 1. The number of H-pyrrole nitrogens is 1. The van der Waals surface area contributed by atoms with Crippen LogP contribution in [0.1, 0.15) is 65.7 Å². The number of benzene rings is 1. The van der Waals surface area contributed by atoms with Crippen molar-refractivity contribution in [1.29, 1.82) is 0 Å². The lowest BCUT2D eigenvalue weighted by Gasteiger charge is -2.41. The molecule has 7 heteroatoms. The number of carbonyl (C=O) groups is 1. The zero-order chi connectivity index (χ0) is 19.5. The van der Waals surface area contributed by atoms with Crippen molar-refractivity contribution in [3.8, 4) is 0 Å². The van der Waals surface area contributed by atoms with Crippen LogP contribution in [-0.2, 0) is 4.74 Å². The Morgan fingerprint density at radius 3 is 2.82 bits per heavy atom. The lowest BCUT2D eigenvalue weighted by molar-refractivity contribution is -0.0811. The largest absolute Gasteiger partial charge is 0.394 e. The minimum atomic E-state index is -0.511. The van der Waals surface area contributed by atoms with Crippen LogP contribution in [-0.4, -0.2) is 52.0 Å². The summed E-state index contributed by atoms with van der Waals surface area (Å²) in [4.78, 5) is 15.3. The molecule has 1 aromatic carbocycles. The normalized spacial score (nSPS) is 23.7. The Kier molecular flexibility index (Phi) is 5.99. The van der Waals surface area contributed by atoms with Gasteiger partial charge in [0.15, 0.2) is 0 Å². The van der Waals surface area contributed by atoms with E-state index >= 15 is 0 Å². The minimum Gasteiger partial charge on any atom is -0.394 e. The van der Waals surface area contributed by atoms with E-state index < -0.39 is 12.1 Å². The molecule has 1 saturated carbocycles. The number of aromatic amines is 1. The maximum Gasteiger partial charge on any atom is 0.258 e. The number of hydrogen-bond acceptors (Lipinski definition) is 4. The molecule has 0 spiro atoms. The minimum absolute atomic E-state index is 0.0824. The molecule has 2 aliphatic rings. The SMILES string of the molecule is O=C(c1cn[nH]c1C1CCCCC1)N1CCO[C@@H](CO)[C@@H]1c1ccccc1Cl. The third kappa shape index (κ3) is 3.69. The summed E-state index contributed by atoms with van der Waals surface area (Å²) in [7, 11) is 0. The fourth-order valence-electron chi connectivity index (χ4n) is 4.52. The Balaban J connectivity index is 1.67. The van der Waals surface area contributed by atoms with Crippen molar-refractivity contribution in [2.45, 2.75) is 50.2 Å². The first-order valence-corrected chi connectivity index (χ1v) is 10.4. The van der Waals surface area contributed by atoms with Crippen LogP contribution in [0.4, 0.5) is 0 Å². The Morgan fingerprint density at radius 1 is 1.29 bits per heavy atom. The van der Waals surface area contributed by atoms with Gasteiger partial charge in [-0.15, -0.1) is 0 Å². The van der Waals surface area contributed by atoms with Gasteiger partial charge < -0.3 is 14.7 Å². The first-order valence-electron chi connectivity index (χ1n) is 10.0. The summed E-state index contributed by atoms with van der Waals surface area (Å²) < 4.78 is 5.77. The highest BCUT2D eigenvalue weighted by atomic mass is 35.5. The molecule has 2 N–H and O–H groups in total. The predicted molar refractivity (Wildman–Crippen MR) is 106 cm³/mol.